The summed E-state index contributed by atoms with van der Waals surface area (Å²) in [5, 5.41) is 7.67. The van der Waals surface area contributed by atoms with Crippen molar-refractivity contribution >= 4 is 11.5 Å². The van der Waals surface area contributed by atoms with E-state index in [1.165, 1.54) is 0 Å². The quantitative estimate of drug-likeness (QED) is 0.810. The summed E-state index contributed by atoms with van der Waals surface area (Å²) in [4.78, 5) is 0. The van der Waals surface area contributed by atoms with E-state index in [-0.39, 0.29) is 5.41 Å². The summed E-state index contributed by atoms with van der Waals surface area (Å²) in [6.45, 7) is 4.39. The number of hydrogen-bond donors (Lipinski definition) is 2. The first-order chi connectivity index (χ1) is 7.45. The summed E-state index contributed by atoms with van der Waals surface area (Å²) in [6.07, 6.45) is 3.12. The molecule has 0 saturated heterocycles. The molecule has 0 aromatic carbocycles. The molecule has 5 heteroatoms. The third-order valence-corrected chi connectivity index (χ3v) is 3.63. The first-order valence-electron chi connectivity index (χ1n) is 5.53. The molecule has 1 aliphatic carbocycles. The molecule has 1 aliphatic rings. The molecule has 0 aliphatic heterocycles. The van der Waals surface area contributed by atoms with Gasteiger partial charge in [-0.15, -0.1) is 0 Å². The van der Waals surface area contributed by atoms with Crippen LogP contribution in [0.1, 0.15) is 20.3 Å². The van der Waals surface area contributed by atoms with Gasteiger partial charge in [-0.05, 0) is 6.42 Å². The van der Waals surface area contributed by atoms with Crippen molar-refractivity contribution in [3.05, 3.63) is 6.20 Å². The molecule has 2 atom stereocenters. The molecule has 3 N–H and O–H groups in total. The van der Waals surface area contributed by atoms with Gasteiger partial charge in [0.25, 0.3) is 0 Å². The van der Waals surface area contributed by atoms with Crippen molar-refractivity contribution in [3.8, 4) is 0 Å². The van der Waals surface area contributed by atoms with Gasteiger partial charge in [0.15, 0.2) is 5.82 Å². The Morgan fingerprint density at radius 1 is 1.62 bits per heavy atom. The van der Waals surface area contributed by atoms with Gasteiger partial charge in [0, 0.05) is 31.8 Å². The van der Waals surface area contributed by atoms with Crippen LogP contribution in [0, 0.1) is 5.41 Å². The summed E-state index contributed by atoms with van der Waals surface area (Å²) in [5.41, 5.74) is 6.66. The topological polar surface area (TPSA) is 65.1 Å². The number of aromatic nitrogens is 2. The van der Waals surface area contributed by atoms with E-state index in [1.54, 1.807) is 11.8 Å². The number of nitrogens with two attached hydrogens (primary N) is 1. The van der Waals surface area contributed by atoms with Gasteiger partial charge in [-0.25, -0.2) is 0 Å². The second-order valence-corrected chi connectivity index (χ2v) is 5.09. The lowest BCUT2D eigenvalue weighted by molar-refractivity contribution is -0.0795. The highest BCUT2D eigenvalue weighted by Gasteiger charge is 2.48. The lowest BCUT2D eigenvalue weighted by Gasteiger charge is -2.51. The van der Waals surface area contributed by atoms with Crippen LogP contribution in [0.5, 0.6) is 0 Å². The molecule has 1 aromatic rings. The first-order valence-corrected chi connectivity index (χ1v) is 5.53. The molecule has 0 bridgehead atoms. The number of nitrogens with zero attached hydrogens (tertiary/aromatic N) is 2. The minimum absolute atomic E-state index is 0.124. The Morgan fingerprint density at radius 2 is 2.31 bits per heavy atom. The van der Waals surface area contributed by atoms with E-state index in [2.05, 4.69) is 24.3 Å². The Kier molecular flexibility index (Phi) is 2.58. The van der Waals surface area contributed by atoms with Gasteiger partial charge >= 0.3 is 0 Å². The van der Waals surface area contributed by atoms with Crippen LogP contribution in [0.3, 0.4) is 0 Å². The fraction of sp³-hybridized carbons (Fsp3) is 0.727. The predicted molar refractivity (Wildman–Crippen MR) is 64.2 cm³/mol. The number of nitrogens with one attached hydrogen (secondary N) is 1. The highest BCUT2D eigenvalue weighted by atomic mass is 16.5. The van der Waals surface area contributed by atoms with Gasteiger partial charge in [0.2, 0.25) is 0 Å². The van der Waals surface area contributed by atoms with Crippen molar-refractivity contribution in [2.24, 2.45) is 12.5 Å². The Bertz CT molecular complexity index is 385. The van der Waals surface area contributed by atoms with E-state index < -0.39 is 0 Å². The fourth-order valence-corrected chi connectivity index (χ4v) is 2.31. The van der Waals surface area contributed by atoms with Crippen LogP contribution in [-0.4, -0.2) is 29.0 Å². The second kappa shape index (κ2) is 3.66. The third-order valence-electron chi connectivity index (χ3n) is 3.63. The molecule has 0 spiro atoms. The van der Waals surface area contributed by atoms with E-state index in [9.17, 15) is 0 Å². The van der Waals surface area contributed by atoms with Crippen molar-refractivity contribution in [2.45, 2.75) is 32.4 Å². The van der Waals surface area contributed by atoms with Crippen LogP contribution in [0.25, 0.3) is 0 Å². The van der Waals surface area contributed by atoms with Crippen LogP contribution in [0.15, 0.2) is 6.20 Å². The normalized spacial score (nSPS) is 27.5. The molecule has 90 valence electrons. The maximum Gasteiger partial charge on any atom is 0.171 e. The molecule has 1 saturated carbocycles. The lowest BCUT2D eigenvalue weighted by Crippen LogP contribution is -2.57. The summed E-state index contributed by atoms with van der Waals surface area (Å²) in [5.74, 6) is 0.773. The molecule has 16 heavy (non-hydrogen) atoms. The second-order valence-electron chi connectivity index (χ2n) is 5.09. The average Bonchev–Trinajstić information content (AvgIpc) is 2.51. The van der Waals surface area contributed by atoms with Gasteiger partial charge in [0.05, 0.1) is 11.8 Å². The van der Waals surface area contributed by atoms with Crippen molar-refractivity contribution in [2.75, 3.05) is 18.2 Å². The molecular weight excluding hydrogens is 204 g/mol. The Morgan fingerprint density at radius 3 is 2.75 bits per heavy atom. The fourth-order valence-electron chi connectivity index (χ4n) is 2.31. The molecule has 1 fully saturated rings. The number of rotatable bonds is 3. The average molecular weight is 224 g/mol. The van der Waals surface area contributed by atoms with Crippen molar-refractivity contribution in [3.63, 3.8) is 0 Å². The van der Waals surface area contributed by atoms with Gasteiger partial charge in [-0.2, -0.15) is 5.10 Å². The van der Waals surface area contributed by atoms with Gasteiger partial charge in [-0.1, -0.05) is 13.8 Å². The van der Waals surface area contributed by atoms with E-state index in [4.69, 9.17) is 10.5 Å². The van der Waals surface area contributed by atoms with E-state index >= 15 is 0 Å². The lowest BCUT2D eigenvalue weighted by atomic mass is 9.64. The summed E-state index contributed by atoms with van der Waals surface area (Å²) in [7, 11) is 3.63. The van der Waals surface area contributed by atoms with Crippen LogP contribution >= 0.6 is 0 Å². The predicted octanol–water partition coefficient (Wildman–Crippen LogP) is 1.23. The van der Waals surface area contributed by atoms with Gasteiger partial charge < -0.3 is 15.8 Å². The summed E-state index contributed by atoms with van der Waals surface area (Å²) >= 11 is 0. The van der Waals surface area contributed by atoms with Crippen molar-refractivity contribution in [1.82, 2.24) is 9.78 Å². The zero-order valence-corrected chi connectivity index (χ0v) is 10.3. The van der Waals surface area contributed by atoms with Gasteiger partial charge in [-0.3, -0.25) is 4.68 Å². The third kappa shape index (κ3) is 1.65. The number of anilines is 2. The number of nitrogen functional groups attached to an aromatic ring is 1. The highest BCUT2D eigenvalue weighted by molar-refractivity contribution is 5.60. The Hall–Kier alpha value is -1.23. The number of aryl methyl sites for hydroxylation is 1. The van der Waals surface area contributed by atoms with E-state index in [1.807, 2.05) is 13.2 Å². The molecule has 1 aromatic heterocycles. The first kappa shape index (κ1) is 11.3. The zero-order chi connectivity index (χ0) is 11.9. The minimum Gasteiger partial charge on any atom is -0.394 e. The molecule has 1 heterocycles. The minimum atomic E-state index is 0.124. The summed E-state index contributed by atoms with van der Waals surface area (Å²) < 4.78 is 7.13. The van der Waals surface area contributed by atoms with Crippen LogP contribution in [0.4, 0.5) is 11.5 Å². The smallest absolute Gasteiger partial charge is 0.171 e. The van der Waals surface area contributed by atoms with E-state index in [0.29, 0.717) is 17.8 Å². The molecule has 2 unspecified atom stereocenters. The van der Waals surface area contributed by atoms with Gasteiger partial charge in [0.1, 0.15) is 0 Å². The largest absolute Gasteiger partial charge is 0.394 e. The molecular formula is C11H20N4O. The maximum atomic E-state index is 5.85. The number of methoxy groups -OCH3 is 1. The Balaban J connectivity index is 2.05. The molecule has 2 rings (SSSR count). The Labute approximate surface area is 96.0 Å². The standard InChI is InChI=1S/C11H20N4O/c1-11(2)8(5-9(11)16-4)13-10-7(12)6-15(3)14-10/h6,8-9H,5,12H2,1-4H3,(H,13,14). The number of hydrogen-bond acceptors (Lipinski definition) is 4. The maximum absolute atomic E-state index is 5.85. The molecule has 0 radical (unpaired) electrons. The van der Waals surface area contributed by atoms with Crippen LogP contribution in [0.2, 0.25) is 0 Å². The number of ether oxygens (including phenoxy) is 1. The van der Waals surface area contributed by atoms with Crippen LogP contribution in [-0.2, 0) is 11.8 Å². The zero-order valence-electron chi connectivity index (χ0n) is 10.3. The van der Waals surface area contributed by atoms with Crippen LogP contribution < -0.4 is 11.1 Å². The SMILES string of the molecule is COC1CC(Nc2nn(C)cc2N)C1(C)C. The monoisotopic (exact) mass is 224 g/mol. The molecule has 5 nitrogen and oxygen atoms in total. The van der Waals surface area contributed by atoms with E-state index in [0.717, 1.165) is 12.2 Å². The highest BCUT2D eigenvalue weighted by Crippen LogP contribution is 2.44. The molecule has 0 amide bonds. The summed E-state index contributed by atoms with van der Waals surface area (Å²) in [6, 6.07) is 0.370. The van der Waals surface area contributed by atoms with Crippen molar-refractivity contribution < 1.29 is 4.74 Å². The van der Waals surface area contributed by atoms with Crippen molar-refractivity contribution in [1.29, 1.82) is 0 Å².